The zero-order chi connectivity index (χ0) is 13.4. The molecule has 1 aromatic rings. The predicted octanol–water partition coefficient (Wildman–Crippen LogP) is 0.119. The van der Waals surface area contributed by atoms with E-state index < -0.39 is 10.0 Å². The van der Waals surface area contributed by atoms with Crippen molar-refractivity contribution in [3.63, 3.8) is 0 Å². The molecule has 0 radical (unpaired) electrons. The SMILES string of the molecule is CCNS(=O)(=O)CCNCc1cccc(OC)n1. The molecule has 0 unspecified atom stereocenters. The van der Waals surface area contributed by atoms with Crippen LogP contribution in [0.1, 0.15) is 12.6 Å². The van der Waals surface area contributed by atoms with Gasteiger partial charge in [-0.05, 0) is 6.07 Å². The van der Waals surface area contributed by atoms with E-state index >= 15 is 0 Å². The number of nitrogens with zero attached hydrogens (tertiary/aromatic N) is 1. The molecule has 1 rings (SSSR count). The third-order valence-electron chi connectivity index (χ3n) is 2.21. The number of methoxy groups -OCH3 is 1. The summed E-state index contributed by atoms with van der Waals surface area (Å²) in [7, 11) is -1.60. The molecule has 0 aromatic carbocycles. The van der Waals surface area contributed by atoms with Gasteiger partial charge in [-0.1, -0.05) is 13.0 Å². The largest absolute Gasteiger partial charge is 0.481 e. The maximum absolute atomic E-state index is 11.4. The zero-order valence-corrected chi connectivity index (χ0v) is 11.5. The molecule has 18 heavy (non-hydrogen) atoms. The van der Waals surface area contributed by atoms with Crippen LogP contribution < -0.4 is 14.8 Å². The van der Waals surface area contributed by atoms with Gasteiger partial charge in [-0.15, -0.1) is 0 Å². The Labute approximate surface area is 108 Å². The van der Waals surface area contributed by atoms with Crippen molar-refractivity contribution in [2.24, 2.45) is 0 Å². The highest BCUT2D eigenvalue weighted by Crippen LogP contribution is 2.05. The molecule has 0 amide bonds. The molecule has 2 N–H and O–H groups in total. The summed E-state index contributed by atoms with van der Waals surface area (Å²) in [4.78, 5) is 4.21. The minimum Gasteiger partial charge on any atom is -0.481 e. The number of nitrogens with one attached hydrogen (secondary N) is 2. The molecule has 0 aliphatic rings. The second-order valence-corrected chi connectivity index (χ2v) is 5.59. The molecule has 0 bridgehead atoms. The van der Waals surface area contributed by atoms with Gasteiger partial charge in [0.15, 0.2) is 0 Å². The number of aromatic nitrogens is 1. The number of pyridine rings is 1. The molecule has 7 heteroatoms. The Balaban J connectivity index is 2.33. The molecule has 102 valence electrons. The van der Waals surface area contributed by atoms with Crippen LogP contribution in [0.5, 0.6) is 5.88 Å². The first-order chi connectivity index (χ1) is 8.57. The third kappa shape index (κ3) is 5.44. The molecule has 0 fully saturated rings. The Morgan fingerprint density at radius 3 is 2.83 bits per heavy atom. The van der Waals surface area contributed by atoms with Gasteiger partial charge in [0.1, 0.15) is 0 Å². The topological polar surface area (TPSA) is 80.3 Å². The van der Waals surface area contributed by atoms with Crippen molar-refractivity contribution in [3.8, 4) is 5.88 Å². The maximum atomic E-state index is 11.4. The van der Waals surface area contributed by atoms with Crippen molar-refractivity contribution >= 4 is 10.0 Å². The van der Waals surface area contributed by atoms with E-state index in [-0.39, 0.29) is 5.75 Å². The number of ether oxygens (including phenoxy) is 1. The summed E-state index contributed by atoms with van der Waals surface area (Å²) in [5.41, 5.74) is 0.815. The summed E-state index contributed by atoms with van der Waals surface area (Å²) in [6.07, 6.45) is 0. The molecule has 0 aliphatic heterocycles. The van der Waals surface area contributed by atoms with Crippen LogP contribution >= 0.6 is 0 Å². The minimum absolute atomic E-state index is 0.0603. The van der Waals surface area contributed by atoms with Crippen LogP contribution in [0.3, 0.4) is 0 Å². The lowest BCUT2D eigenvalue weighted by Crippen LogP contribution is -2.31. The van der Waals surface area contributed by atoms with Gasteiger partial charge in [-0.3, -0.25) is 0 Å². The molecule has 0 atom stereocenters. The fourth-order valence-electron chi connectivity index (χ4n) is 1.38. The van der Waals surface area contributed by atoms with E-state index in [1.54, 1.807) is 20.1 Å². The predicted molar refractivity (Wildman–Crippen MR) is 70.0 cm³/mol. The summed E-state index contributed by atoms with van der Waals surface area (Å²) < 4.78 is 30.1. The molecule has 0 spiro atoms. The van der Waals surface area contributed by atoms with Crippen LogP contribution in [-0.4, -0.2) is 39.4 Å². The van der Waals surface area contributed by atoms with Crippen LogP contribution in [0.4, 0.5) is 0 Å². The average Bonchev–Trinajstić information content (AvgIpc) is 2.35. The highest BCUT2D eigenvalue weighted by molar-refractivity contribution is 7.89. The molecule has 1 heterocycles. The second-order valence-electron chi connectivity index (χ2n) is 3.66. The highest BCUT2D eigenvalue weighted by Gasteiger charge is 2.07. The number of rotatable bonds is 8. The average molecular weight is 273 g/mol. The van der Waals surface area contributed by atoms with Crippen LogP contribution in [0.2, 0.25) is 0 Å². The van der Waals surface area contributed by atoms with Crippen LogP contribution in [0.15, 0.2) is 18.2 Å². The third-order valence-corrected chi connectivity index (χ3v) is 3.68. The molecule has 0 saturated heterocycles. The van der Waals surface area contributed by atoms with Crippen molar-refractivity contribution in [1.82, 2.24) is 15.0 Å². The summed E-state index contributed by atoms with van der Waals surface area (Å²) in [6.45, 7) is 3.07. The molecule has 6 nitrogen and oxygen atoms in total. The van der Waals surface area contributed by atoms with Gasteiger partial charge in [0.05, 0.1) is 18.6 Å². The lowest BCUT2D eigenvalue weighted by Gasteiger charge is -2.07. The van der Waals surface area contributed by atoms with E-state index in [0.717, 1.165) is 5.69 Å². The molecular formula is C11H19N3O3S. The Kier molecular flexibility index (Phi) is 6.03. The van der Waals surface area contributed by atoms with E-state index in [2.05, 4.69) is 15.0 Å². The molecule has 0 saturated carbocycles. The highest BCUT2D eigenvalue weighted by atomic mass is 32.2. The van der Waals surface area contributed by atoms with E-state index in [1.165, 1.54) is 0 Å². The van der Waals surface area contributed by atoms with Gasteiger partial charge in [0, 0.05) is 25.7 Å². The lowest BCUT2D eigenvalue weighted by atomic mass is 10.3. The van der Waals surface area contributed by atoms with Crippen molar-refractivity contribution in [2.75, 3.05) is 26.0 Å². The lowest BCUT2D eigenvalue weighted by molar-refractivity contribution is 0.395. The van der Waals surface area contributed by atoms with Gasteiger partial charge >= 0.3 is 0 Å². The van der Waals surface area contributed by atoms with E-state index in [4.69, 9.17) is 4.74 Å². The first kappa shape index (κ1) is 14.9. The van der Waals surface area contributed by atoms with Crippen molar-refractivity contribution in [3.05, 3.63) is 23.9 Å². The summed E-state index contributed by atoms with van der Waals surface area (Å²) in [6, 6.07) is 5.46. The summed E-state index contributed by atoms with van der Waals surface area (Å²) >= 11 is 0. The van der Waals surface area contributed by atoms with Gasteiger partial charge in [-0.25, -0.2) is 18.1 Å². The van der Waals surface area contributed by atoms with E-state index in [0.29, 0.717) is 25.5 Å². The van der Waals surface area contributed by atoms with Gasteiger partial charge < -0.3 is 10.1 Å². The molecular weight excluding hydrogens is 254 g/mol. The van der Waals surface area contributed by atoms with Crippen molar-refractivity contribution < 1.29 is 13.2 Å². The van der Waals surface area contributed by atoms with Gasteiger partial charge in [-0.2, -0.15) is 0 Å². The first-order valence-corrected chi connectivity index (χ1v) is 7.40. The van der Waals surface area contributed by atoms with Crippen LogP contribution in [0, 0.1) is 0 Å². The van der Waals surface area contributed by atoms with E-state index in [9.17, 15) is 8.42 Å². The summed E-state index contributed by atoms with van der Waals surface area (Å²) in [5.74, 6) is 0.611. The molecule has 0 aliphatic carbocycles. The van der Waals surface area contributed by atoms with Crippen LogP contribution in [0.25, 0.3) is 0 Å². The fraction of sp³-hybridized carbons (Fsp3) is 0.545. The van der Waals surface area contributed by atoms with Crippen molar-refractivity contribution in [2.45, 2.75) is 13.5 Å². The first-order valence-electron chi connectivity index (χ1n) is 5.75. The minimum atomic E-state index is -3.16. The number of hydrogen-bond acceptors (Lipinski definition) is 5. The monoisotopic (exact) mass is 273 g/mol. The zero-order valence-electron chi connectivity index (χ0n) is 10.6. The Bertz CT molecular complexity index is 462. The smallest absolute Gasteiger partial charge is 0.213 e. The Morgan fingerprint density at radius 1 is 1.39 bits per heavy atom. The Morgan fingerprint density at radius 2 is 2.17 bits per heavy atom. The number of hydrogen-bond donors (Lipinski definition) is 2. The quantitative estimate of drug-likeness (QED) is 0.658. The molecule has 1 aromatic heterocycles. The number of sulfonamides is 1. The van der Waals surface area contributed by atoms with Gasteiger partial charge in [0.25, 0.3) is 0 Å². The summed E-state index contributed by atoms with van der Waals surface area (Å²) in [5, 5.41) is 3.03. The van der Waals surface area contributed by atoms with Gasteiger partial charge in [0.2, 0.25) is 15.9 Å². The second kappa shape index (κ2) is 7.30. The fourth-order valence-corrected chi connectivity index (χ4v) is 2.38. The van der Waals surface area contributed by atoms with Crippen LogP contribution in [-0.2, 0) is 16.6 Å². The van der Waals surface area contributed by atoms with Crippen molar-refractivity contribution in [1.29, 1.82) is 0 Å². The normalized spacial score (nSPS) is 11.4. The van der Waals surface area contributed by atoms with E-state index in [1.807, 2.05) is 12.1 Å². The maximum Gasteiger partial charge on any atom is 0.213 e. The standard InChI is InChI=1S/C11H19N3O3S/c1-3-13-18(15,16)8-7-12-9-10-5-4-6-11(14-10)17-2/h4-6,12-13H,3,7-9H2,1-2H3. The Hall–Kier alpha value is -1.18.